The van der Waals surface area contributed by atoms with Crippen LogP contribution in [0.1, 0.15) is 5.56 Å². The molecular weight excluding hydrogens is 248 g/mol. The summed E-state index contributed by atoms with van der Waals surface area (Å²) in [5.41, 5.74) is 0.355. The standard InChI is InChI=1S/C13H14N2O4/c1-15-6-5-14-12(13(15)17)19-10-4-3-9(8-16)7-11(10)18-2/h3-7,16H,8H2,1-2H3. The first-order valence-electron chi connectivity index (χ1n) is 5.63. The Hall–Kier alpha value is -2.34. The highest BCUT2D eigenvalue weighted by Crippen LogP contribution is 2.30. The van der Waals surface area contributed by atoms with Crippen LogP contribution >= 0.6 is 0 Å². The Morgan fingerprint density at radius 1 is 1.37 bits per heavy atom. The summed E-state index contributed by atoms with van der Waals surface area (Å²) >= 11 is 0. The van der Waals surface area contributed by atoms with Crippen LogP contribution in [0, 0.1) is 0 Å². The Bertz CT molecular complexity index is 637. The second-order valence-electron chi connectivity index (χ2n) is 3.89. The molecular formula is C13H14N2O4. The van der Waals surface area contributed by atoms with Gasteiger partial charge in [0.15, 0.2) is 11.5 Å². The first kappa shape index (κ1) is 13.1. The second kappa shape index (κ2) is 5.53. The molecule has 1 aromatic carbocycles. The first-order valence-corrected chi connectivity index (χ1v) is 5.63. The quantitative estimate of drug-likeness (QED) is 0.892. The Kier molecular flexibility index (Phi) is 3.82. The molecule has 0 saturated heterocycles. The van der Waals surface area contributed by atoms with Crippen molar-refractivity contribution in [2.75, 3.05) is 7.11 Å². The van der Waals surface area contributed by atoms with Crippen LogP contribution in [0.2, 0.25) is 0 Å². The molecule has 100 valence electrons. The molecule has 1 heterocycles. The zero-order chi connectivity index (χ0) is 13.8. The third-order valence-electron chi connectivity index (χ3n) is 2.60. The molecule has 0 aliphatic heterocycles. The van der Waals surface area contributed by atoms with Crippen LogP contribution in [-0.2, 0) is 13.7 Å². The molecule has 1 N–H and O–H groups in total. The van der Waals surface area contributed by atoms with E-state index in [2.05, 4.69) is 4.98 Å². The van der Waals surface area contributed by atoms with Crippen LogP contribution in [-0.4, -0.2) is 21.8 Å². The topological polar surface area (TPSA) is 73.6 Å². The summed E-state index contributed by atoms with van der Waals surface area (Å²) in [7, 11) is 3.10. The summed E-state index contributed by atoms with van der Waals surface area (Å²) in [6.07, 6.45) is 3.02. The Morgan fingerprint density at radius 3 is 2.84 bits per heavy atom. The van der Waals surface area contributed by atoms with Gasteiger partial charge in [-0.05, 0) is 17.7 Å². The Balaban J connectivity index is 2.38. The van der Waals surface area contributed by atoms with Gasteiger partial charge < -0.3 is 19.1 Å². The lowest BCUT2D eigenvalue weighted by molar-refractivity contribution is 0.280. The van der Waals surface area contributed by atoms with Crippen LogP contribution in [0.4, 0.5) is 0 Å². The monoisotopic (exact) mass is 262 g/mol. The average Bonchev–Trinajstić information content (AvgIpc) is 2.44. The molecule has 0 unspecified atom stereocenters. The van der Waals surface area contributed by atoms with E-state index in [0.29, 0.717) is 17.1 Å². The fraction of sp³-hybridized carbons (Fsp3) is 0.231. The lowest BCUT2D eigenvalue weighted by Gasteiger charge is -2.10. The number of aryl methyl sites for hydroxylation is 1. The van der Waals surface area contributed by atoms with Crippen LogP contribution in [0.5, 0.6) is 17.4 Å². The summed E-state index contributed by atoms with van der Waals surface area (Å²) < 4.78 is 12.0. The molecule has 19 heavy (non-hydrogen) atoms. The van der Waals surface area contributed by atoms with Gasteiger partial charge in [0.25, 0.3) is 5.88 Å². The largest absolute Gasteiger partial charge is 0.493 e. The van der Waals surface area contributed by atoms with E-state index in [4.69, 9.17) is 14.6 Å². The molecule has 2 aromatic rings. The Morgan fingerprint density at radius 2 is 2.16 bits per heavy atom. The first-order chi connectivity index (χ1) is 9.15. The highest BCUT2D eigenvalue weighted by Gasteiger charge is 2.10. The lowest BCUT2D eigenvalue weighted by atomic mass is 10.2. The third kappa shape index (κ3) is 2.74. The lowest BCUT2D eigenvalue weighted by Crippen LogP contribution is -2.18. The third-order valence-corrected chi connectivity index (χ3v) is 2.60. The molecule has 0 aliphatic carbocycles. The van der Waals surface area contributed by atoms with Gasteiger partial charge in [-0.3, -0.25) is 4.79 Å². The SMILES string of the molecule is COc1cc(CO)ccc1Oc1nccn(C)c1=O. The van der Waals surface area contributed by atoms with E-state index in [0.717, 1.165) is 0 Å². The molecule has 0 spiro atoms. The minimum Gasteiger partial charge on any atom is -0.493 e. The van der Waals surface area contributed by atoms with Crippen molar-refractivity contribution in [3.63, 3.8) is 0 Å². The van der Waals surface area contributed by atoms with E-state index in [1.54, 1.807) is 31.4 Å². The van der Waals surface area contributed by atoms with Gasteiger partial charge in [0, 0.05) is 19.4 Å². The van der Waals surface area contributed by atoms with Crippen molar-refractivity contribution in [3.05, 3.63) is 46.5 Å². The molecule has 0 bridgehead atoms. The predicted molar refractivity (Wildman–Crippen MR) is 68.5 cm³/mol. The number of methoxy groups -OCH3 is 1. The van der Waals surface area contributed by atoms with Crippen molar-refractivity contribution in [2.24, 2.45) is 7.05 Å². The van der Waals surface area contributed by atoms with Crippen molar-refractivity contribution in [3.8, 4) is 17.4 Å². The normalized spacial score (nSPS) is 10.3. The smallest absolute Gasteiger partial charge is 0.313 e. The van der Waals surface area contributed by atoms with Gasteiger partial charge >= 0.3 is 5.56 Å². The molecule has 0 radical (unpaired) electrons. The summed E-state index contributed by atoms with van der Waals surface area (Å²) in [5, 5.41) is 9.06. The number of nitrogens with zero attached hydrogens (tertiary/aromatic N) is 2. The minimum atomic E-state index is -0.337. The van der Waals surface area contributed by atoms with Crippen LogP contribution in [0.3, 0.4) is 0 Å². The van der Waals surface area contributed by atoms with Crippen LogP contribution in [0.15, 0.2) is 35.4 Å². The molecule has 0 amide bonds. The number of aromatic nitrogens is 2. The highest BCUT2D eigenvalue weighted by molar-refractivity contribution is 5.44. The molecule has 0 atom stereocenters. The van der Waals surface area contributed by atoms with E-state index >= 15 is 0 Å². The number of aliphatic hydroxyl groups excluding tert-OH is 1. The van der Waals surface area contributed by atoms with E-state index in [-0.39, 0.29) is 18.0 Å². The van der Waals surface area contributed by atoms with Crippen molar-refractivity contribution in [1.82, 2.24) is 9.55 Å². The minimum absolute atomic E-state index is 0.0277. The zero-order valence-electron chi connectivity index (χ0n) is 10.7. The van der Waals surface area contributed by atoms with Gasteiger partial charge in [0.1, 0.15) is 0 Å². The molecule has 2 rings (SSSR count). The molecule has 6 heteroatoms. The van der Waals surface area contributed by atoms with Gasteiger partial charge in [0.2, 0.25) is 0 Å². The van der Waals surface area contributed by atoms with E-state index in [1.165, 1.54) is 17.9 Å². The summed E-state index contributed by atoms with van der Waals surface area (Å²) in [5.74, 6) is 0.773. The maximum absolute atomic E-state index is 11.8. The number of rotatable bonds is 4. The number of ether oxygens (including phenoxy) is 2. The molecule has 0 fully saturated rings. The maximum Gasteiger partial charge on any atom is 0.313 e. The van der Waals surface area contributed by atoms with Crippen LogP contribution < -0.4 is 15.0 Å². The fourth-order valence-corrected chi connectivity index (χ4v) is 1.54. The highest BCUT2D eigenvalue weighted by atomic mass is 16.5. The van der Waals surface area contributed by atoms with Crippen molar-refractivity contribution >= 4 is 0 Å². The van der Waals surface area contributed by atoms with Gasteiger partial charge in [-0.25, -0.2) is 4.98 Å². The molecule has 0 aliphatic rings. The van der Waals surface area contributed by atoms with Crippen molar-refractivity contribution < 1.29 is 14.6 Å². The zero-order valence-corrected chi connectivity index (χ0v) is 10.7. The van der Waals surface area contributed by atoms with Gasteiger partial charge in [0.05, 0.1) is 13.7 Å². The molecule has 6 nitrogen and oxygen atoms in total. The molecule has 1 aromatic heterocycles. The Labute approximate surface area is 109 Å². The van der Waals surface area contributed by atoms with Gasteiger partial charge in [-0.1, -0.05) is 6.07 Å². The van der Waals surface area contributed by atoms with E-state index < -0.39 is 0 Å². The second-order valence-corrected chi connectivity index (χ2v) is 3.89. The van der Waals surface area contributed by atoms with Crippen LogP contribution in [0.25, 0.3) is 0 Å². The van der Waals surface area contributed by atoms with Crippen molar-refractivity contribution in [2.45, 2.75) is 6.61 Å². The van der Waals surface area contributed by atoms with Gasteiger partial charge in [-0.15, -0.1) is 0 Å². The molecule has 0 saturated carbocycles. The summed E-state index contributed by atoms with van der Waals surface area (Å²) in [4.78, 5) is 15.7. The number of benzene rings is 1. The van der Waals surface area contributed by atoms with Gasteiger partial charge in [-0.2, -0.15) is 0 Å². The maximum atomic E-state index is 11.8. The summed E-state index contributed by atoms with van der Waals surface area (Å²) in [6.45, 7) is -0.0952. The van der Waals surface area contributed by atoms with E-state index in [1.807, 2.05) is 0 Å². The fourth-order valence-electron chi connectivity index (χ4n) is 1.54. The van der Waals surface area contributed by atoms with E-state index in [9.17, 15) is 4.79 Å². The average molecular weight is 262 g/mol. The summed E-state index contributed by atoms with van der Waals surface area (Å²) in [6, 6.07) is 4.95. The number of hydrogen-bond acceptors (Lipinski definition) is 5. The number of hydrogen-bond donors (Lipinski definition) is 1. The number of aliphatic hydroxyl groups is 1. The van der Waals surface area contributed by atoms with Crippen molar-refractivity contribution in [1.29, 1.82) is 0 Å². The predicted octanol–water partition coefficient (Wildman–Crippen LogP) is 1.07.